The lowest BCUT2D eigenvalue weighted by Crippen LogP contribution is -2.45. The fourth-order valence-electron chi connectivity index (χ4n) is 2.29. The lowest BCUT2D eigenvalue weighted by Gasteiger charge is -2.33. The molecular formula is C14H23Cl2N3OS. The Balaban J connectivity index is 0.00000200. The summed E-state index contributed by atoms with van der Waals surface area (Å²) in [5.74, 6) is 2.24. The Kier molecular flexibility index (Phi) is 10.9. The quantitative estimate of drug-likeness (QED) is 0.847. The SMILES string of the molecule is Cl.Cl.NCCNC(=O)C(c1ccccc1)N1CCSCC1. The van der Waals surface area contributed by atoms with Gasteiger partial charge in [0.1, 0.15) is 6.04 Å². The summed E-state index contributed by atoms with van der Waals surface area (Å²) in [5, 5.41) is 2.92. The normalized spacial score (nSPS) is 16.2. The van der Waals surface area contributed by atoms with E-state index in [0.717, 1.165) is 30.2 Å². The van der Waals surface area contributed by atoms with E-state index in [9.17, 15) is 4.79 Å². The highest BCUT2D eigenvalue weighted by atomic mass is 35.5. The molecule has 21 heavy (non-hydrogen) atoms. The first-order chi connectivity index (χ1) is 9.33. The number of nitrogens with two attached hydrogens (primary N) is 1. The Bertz CT molecular complexity index is 402. The lowest BCUT2D eigenvalue weighted by atomic mass is 10.0. The van der Waals surface area contributed by atoms with E-state index in [1.54, 1.807) is 0 Å². The Labute approximate surface area is 143 Å². The van der Waals surface area contributed by atoms with Gasteiger partial charge >= 0.3 is 0 Å². The summed E-state index contributed by atoms with van der Waals surface area (Å²) in [6, 6.07) is 9.80. The topological polar surface area (TPSA) is 58.4 Å². The van der Waals surface area contributed by atoms with Crippen LogP contribution in [-0.4, -0.2) is 48.5 Å². The average molecular weight is 352 g/mol. The van der Waals surface area contributed by atoms with Gasteiger partial charge in [0.15, 0.2) is 0 Å². The van der Waals surface area contributed by atoms with Crippen LogP contribution >= 0.6 is 36.6 Å². The monoisotopic (exact) mass is 351 g/mol. The van der Waals surface area contributed by atoms with Crippen molar-refractivity contribution in [2.24, 2.45) is 5.73 Å². The van der Waals surface area contributed by atoms with E-state index < -0.39 is 0 Å². The minimum atomic E-state index is -0.186. The maximum absolute atomic E-state index is 12.4. The zero-order valence-electron chi connectivity index (χ0n) is 11.9. The summed E-state index contributed by atoms with van der Waals surface area (Å²) < 4.78 is 0. The van der Waals surface area contributed by atoms with Crippen molar-refractivity contribution < 1.29 is 4.79 Å². The van der Waals surface area contributed by atoms with Gasteiger partial charge in [-0.1, -0.05) is 30.3 Å². The number of carbonyl (C=O) groups excluding carboxylic acids is 1. The van der Waals surface area contributed by atoms with Crippen LogP contribution in [0.3, 0.4) is 0 Å². The van der Waals surface area contributed by atoms with Crippen LogP contribution in [-0.2, 0) is 4.79 Å². The van der Waals surface area contributed by atoms with Crippen molar-refractivity contribution in [3.63, 3.8) is 0 Å². The number of halogens is 2. The Morgan fingerprint density at radius 3 is 2.43 bits per heavy atom. The number of amides is 1. The zero-order valence-corrected chi connectivity index (χ0v) is 14.3. The highest BCUT2D eigenvalue weighted by Crippen LogP contribution is 2.24. The highest BCUT2D eigenvalue weighted by Gasteiger charge is 2.28. The van der Waals surface area contributed by atoms with E-state index in [-0.39, 0.29) is 36.8 Å². The molecule has 1 unspecified atom stereocenters. The van der Waals surface area contributed by atoms with Gasteiger partial charge in [-0.15, -0.1) is 24.8 Å². The molecule has 0 aromatic heterocycles. The second-order valence-electron chi connectivity index (χ2n) is 4.54. The molecule has 120 valence electrons. The van der Waals surface area contributed by atoms with Crippen molar-refractivity contribution >= 4 is 42.5 Å². The minimum absolute atomic E-state index is 0. The van der Waals surface area contributed by atoms with Crippen molar-refractivity contribution in [2.75, 3.05) is 37.7 Å². The van der Waals surface area contributed by atoms with Gasteiger partial charge < -0.3 is 11.1 Å². The van der Waals surface area contributed by atoms with Crippen molar-refractivity contribution in [2.45, 2.75) is 6.04 Å². The Morgan fingerprint density at radius 1 is 1.24 bits per heavy atom. The van der Waals surface area contributed by atoms with Gasteiger partial charge in [-0.25, -0.2) is 0 Å². The first-order valence-corrected chi connectivity index (χ1v) is 7.83. The van der Waals surface area contributed by atoms with E-state index in [1.807, 2.05) is 42.1 Å². The van der Waals surface area contributed by atoms with Crippen LogP contribution in [0.5, 0.6) is 0 Å². The molecule has 1 aliphatic heterocycles. The summed E-state index contributed by atoms with van der Waals surface area (Å²) in [5.41, 5.74) is 6.52. The zero-order chi connectivity index (χ0) is 13.5. The number of nitrogens with one attached hydrogen (secondary N) is 1. The molecule has 1 saturated heterocycles. The van der Waals surface area contributed by atoms with Crippen molar-refractivity contribution in [3.8, 4) is 0 Å². The summed E-state index contributed by atoms with van der Waals surface area (Å²) in [6.45, 7) is 2.93. The fraction of sp³-hybridized carbons (Fsp3) is 0.500. The summed E-state index contributed by atoms with van der Waals surface area (Å²) in [4.78, 5) is 14.6. The van der Waals surface area contributed by atoms with E-state index in [1.165, 1.54) is 0 Å². The van der Waals surface area contributed by atoms with Gasteiger partial charge in [-0.3, -0.25) is 9.69 Å². The van der Waals surface area contributed by atoms with E-state index in [2.05, 4.69) is 10.2 Å². The molecule has 1 amide bonds. The molecule has 0 bridgehead atoms. The van der Waals surface area contributed by atoms with Gasteiger partial charge in [0.05, 0.1) is 0 Å². The number of thioether (sulfide) groups is 1. The largest absolute Gasteiger partial charge is 0.353 e. The predicted octanol–water partition coefficient (Wildman–Crippen LogP) is 1.69. The lowest BCUT2D eigenvalue weighted by molar-refractivity contribution is -0.126. The molecule has 1 heterocycles. The number of hydrogen-bond donors (Lipinski definition) is 2. The van der Waals surface area contributed by atoms with Crippen LogP contribution < -0.4 is 11.1 Å². The van der Waals surface area contributed by atoms with Gasteiger partial charge in [0, 0.05) is 37.7 Å². The van der Waals surface area contributed by atoms with Gasteiger partial charge in [0.25, 0.3) is 0 Å². The first-order valence-electron chi connectivity index (χ1n) is 6.67. The number of carbonyl (C=O) groups is 1. The molecule has 3 N–H and O–H groups in total. The van der Waals surface area contributed by atoms with Crippen LogP contribution in [0.25, 0.3) is 0 Å². The molecule has 1 aliphatic rings. The third kappa shape index (κ3) is 6.04. The van der Waals surface area contributed by atoms with Crippen LogP contribution in [0.1, 0.15) is 11.6 Å². The maximum atomic E-state index is 12.4. The number of rotatable bonds is 5. The van der Waals surface area contributed by atoms with E-state index in [0.29, 0.717) is 13.1 Å². The van der Waals surface area contributed by atoms with E-state index >= 15 is 0 Å². The maximum Gasteiger partial charge on any atom is 0.242 e. The van der Waals surface area contributed by atoms with Crippen LogP contribution in [0.2, 0.25) is 0 Å². The van der Waals surface area contributed by atoms with Gasteiger partial charge in [-0.05, 0) is 5.56 Å². The van der Waals surface area contributed by atoms with Gasteiger partial charge in [0.2, 0.25) is 5.91 Å². The highest BCUT2D eigenvalue weighted by molar-refractivity contribution is 7.99. The molecule has 1 fully saturated rings. The molecule has 1 aromatic carbocycles. The van der Waals surface area contributed by atoms with Crippen molar-refractivity contribution in [3.05, 3.63) is 35.9 Å². The average Bonchev–Trinajstić information content (AvgIpc) is 2.47. The molecule has 4 nitrogen and oxygen atoms in total. The third-order valence-corrected chi connectivity index (χ3v) is 4.16. The van der Waals surface area contributed by atoms with Crippen molar-refractivity contribution in [1.29, 1.82) is 0 Å². The molecular weight excluding hydrogens is 329 g/mol. The molecule has 7 heteroatoms. The third-order valence-electron chi connectivity index (χ3n) is 3.22. The predicted molar refractivity (Wildman–Crippen MR) is 94.6 cm³/mol. The molecule has 2 rings (SSSR count). The number of benzene rings is 1. The molecule has 0 spiro atoms. The molecule has 0 radical (unpaired) electrons. The van der Waals surface area contributed by atoms with Crippen LogP contribution in [0, 0.1) is 0 Å². The molecule has 0 aliphatic carbocycles. The van der Waals surface area contributed by atoms with Gasteiger partial charge in [-0.2, -0.15) is 11.8 Å². The standard InChI is InChI=1S/C14H21N3OS.2ClH/c15-6-7-16-14(18)13(12-4-2-1-3-5-12)17-8-10-19-11-9-17;;/h1-5,13H,6-11,15H2,(H,16,18);2*1H. The molecule has 0 saturated carbocycles. The van der Waals surface area contributed by atoms with E-state index in [4.69, 9.17) is 5.73 Å². The number of hydrogen-bond acceptors (Lipinski definition) is 4. The summed E-state index contributed by atoms with van der Waals surface area (Å²) in [6.07, 6.45) is 0. The second-order valence-corrected chi connectivity index (χ2v) is 5.77. The summed E-state index contributed by atoms with van der Waals surface area (Å²) >= 11 is 1.95. The van der Waals surface area contributed by atoms with Crippen LogP contribution in [0.4, 0.5) is 0 Å². The van der Waals surface area contributed by atoms with Crippen molar-refractivity contribution in [1.82, 2.24) is 10.2 Å². The number of nitrogens with zero attached hydrogens (tertiary/aromatic N) is 1. The molecule has 1 atom stereocenters. The second kappa shape index (κ2) is 11.2. The summed E-state index contributed by atoms with van der Waals surface area (Å²) in [7, 11) is 0. The Morgan fingerprint density at radius 2 is 1.86 bits per heavy atom. The van der Waals surface area contributed by atoms with Crippen LogP contribution in [0.15, 0.2) is 30.3 Å². The minimum Gasteiger partial charge on any atom is -0.353 e. The fourth-order valence-corrected chi connectivity index (χ4v) is 3.22. The first kappa shape index (κ1) is 20.5. The Hall–Kier alpha value is -0.460. The molecule has 1 aromatic rings. The smallest absolute Gasteiger partial charge is 0.242 e.